The molecule has 0 bridgehead atoms. The van der Waals surface area contributed by atoms with Crippen molar-refractivity contribution in [1.82, 2.24) is 15.5 Å². The quantitative estimate of drug-likeness (QED) is 0.842. The summed E-state index contributed by atoms with van der Waals surface area (Å²) in [5.41, 5.74) is 1.67. The van der Waals surface area contributed by atoms with Crippen LogP contribution in [0.2, 0.25) is 0 Å². The molecular formula is C14H18N4O2. The Labute approximate surface area is 117 Å². The Morgan fingerprint density at radius 2 is 2.00 bits per heavy atom. The zero-order valence-corrected chi connectivity index (χ0v) is 11.6. The summed E-state index contributed by atoms with van der Waals surface area (Å²) in [4.78, 5) is 11.4. The summed E-state index contributed by atoms with van der Waals surface area (Å²) >= 11 is 0. The molecule has 0 saturated carbocycles. The fraction of sp³-hybridized carbons (Fsp3) is 0.357. The summed E-state index contributed by atoms with van der Waals surface area (Å²) in [6.07, 6.45) is 1.76. The van der Waals surface area contributed by atoms with E-state index in [1.165, 1.54) is 0 Å². The van der Waals surface area contributed by atoms with E-state index in [0.717, 1.165) is 18.4 Å². The van der Waals surface area contributed by atoms with E-state index >= 15 is 0 Å². The highest BCUT2D eigenvalue weighted by atomic mass is 16.4. The molecule has 0 unspecified atom stereocenters. The van der Waals surface area contributed by atoms with Crippen LogP contribution in [-0.2, 0) is 13.0 Å². The normalized spacial score (nSPS) is 10.3. The third kappa shape index (κ3) is 3.57. The maximum atomic E-state index is 11.4. The Kier molecular flexibility index (Phi) is 4.70. The van der Waals surface area contributed by atoms with Gasteiger partial charge in [0.1, 0.15) is 0 Å². The van der Waals surface area contributed by atoms with Crippen molar-refractivity contribution in [2.24, 2.45) is 0 Å². The van der Waals surface area contributed by atoms with E-state index in [-0.39, 0.29) is 5.91 Å². The molecule has 6 heteroatoms. The number of rotatable bonds is 6. The second-order valence-corrected chi connectivity index (χ2v) is 4.38. The van der Waals surface area contributed by atoms with E-state index in [1.54, 1.807) is 19.2 Å². The van der Waals surface area contributed by atoms with Crippen LogP contribution in [-0.4, -0.2) is 23.2 Å². The molecular weight excluding hydrogens is 256 g/mol. The van der Waals surface area contributed by atoms with Crippen molar-refractivity contribution in [1.29, 1.82) is 0 Å². The van der Waals surface area contributed by atoms with Crippen LogP contribution >= 0.6 is 0 Å². The lowest BCUT2D eigenvalue weighted by Gasteiger charge is -2.03. The fourth-order valence-corrected chi connectivity index (χ4v) is 1.74. The van der Waals surface area contributed by atoms with E-state index < -0.39 is 0 Å². The largest absolute Gasteiger partial charge is 0.408 e. The monoisotopic (exact) mass is 274 g/mol. The van der Waals surface area contributed by atoms with Crippen LogP contribution in [0.3, 0.4) is 0 Å². The topological polar surface area (TPSA) is 80.0 Å². The van der Waals surface area contributed by atoms with Gasteiger partial charge in [0.05, 0.1) is 0 Å². The van der Waals surface area contributed by atoms with E-state index in [9.17, 15) is 4.79 Å². The van der Waals surface area contributed by atoms with Crippen molar-refractivity contribution in [3.8, 4) is 0 Å². The number of benzene rings is 1. The smallest absolute Gasteiger partial charge is 0.315 e. The van der Waals surface area contributed by atoms with E-state index in [4.69, 9.17) is 4.42 Å². The molecule has 0 spiro atoms. The first-order valence-electron chi connectivity index (χ1n) is 6.60. The second kappa shape index (κ2) is 6.70. The number of amides is 1. The standard InChI is InChI=1S/C14H18N4O2/c1-3-4-12-17-18-14(20-12)16-9-10-5-7-11(8-6-10)13(19)15-2/h5-8H,3-4,9H2,1-2H3,(H,15,19)(H,16,18). The molecule has 2 rings (SSSR count). The van der Waals surface area contributed by atoms with Gasteiger partial charge in [-0.05, 0) is 24.1 Å². The number of hydrogen-bond acceptors (Lipinski definition) is 5. The third-order valence-electron chi connectivity index (χ3n) is 2.82. The first kappa shape index (κ1) is 14.0. The molecule has 0 atom stereocenters. The van der Waals surface area contributed by atoms with Crippen molar-refractivity contribution < 1.29 is 9.21 Å². The molecule has 1 aromatic carbocycles. The van der Waals surface area contributed by atoms with E-state index in [0.29, 0.717) is 24.0 Å². The van der Waals surface area contributed by atoms with Crippen LogP contribution in [0.5, 0.6) is 0 Å². The van der Waals surface area contributed by atoms with Crippen LogP contribution in [0.4, 0.5) is 6.01 Å². The number of carbonyl (C=O) groups excluding carboxylic acids is 1. The van der Waals surface area contributed by atoms with Crippen LogP contribution < -0.4 is 10.6 Å². The SMILES string of the molecule is CCCc1nnc(NCc2ccc(C(=O)NC)cc2)o1. The average molecular weight is 274 g/mol. The Morgan fingerprint density at radius 3 is 2.65 bits per heavy atom. The van der Waals surface area contributed by atoms with Crippen molar-refractivity contribution >= 4 is 11.9 Å². The van der Waals surface area contributed by atoms with E-state index in [1.807, 2.05) is 12.1 Å². The molecule has 0 aliphatic rings. The van der Waals surface area contributed by atoms with Gasteiger partial charge in [0.25, 0.3) is 5.91 Å². The van der Waals surface area contributed by atoms with Crippen LogP contribution in [0.15, 0.2) is 28.7 Å². The Morgan fingerprint density at radius 1 is 1.25 bits per heavy atom. The molecule has 106 valence electrons. The molecule has 1 amide bonds. The van der Waals surface area contributed by atoms with Crippen molar-refractivity contribution in [3.63, 3.8) is 0 Å². The number of carbonyl (C=O) groups is 1. The summed E-state index contributed by atoms with van der Waals surface area (Å²) in [6, 6.07) is 7.77. The molecule has 0 radical (unpaired) electrons. The lowest BCUT2D eigenvalue weighted by atomic mass is 10.1. The molecule has 1 aromatic heterocycles. The number of aryl methyl sites for hydroxylation is 1. The summed E-state index contributed by atoms with van der Waals surface area (Å²) < 4.78 is 5.43. The number of nitrogens with one attached hydrogen (secondary N) is 2. The van der Waals surface area contributed by atoms with Gasteiger partial charge in [-0.2, -0.15) is 0 Å². The van der Waals surface area contributed by atoms with E-state index in [2.05, 4.69) is 27.8 Å². The molecule has 0 saturated heterocycles. The summed E-state index contributed by atoms with van der Waals surface area (Å²) in [6.45, 7) is 2.63. The highest BCUT2D eigenvalue weighted by molar-refractivity contribution is 5.93. The Balaban J connectivity index is 1.91. The summed E-state index contributed by atoms with van der Waals surface area (Å²) in [5, 5.41) is 13.5. The zero-order valence-electron chi connectivity index (χ0n) is 11.6. The number of aromatic nitrogens is 2. The fourth-order valence-electron chi connectivity index (χ4n) is 1.74. The molecule has 0 aliphatic heterocycles. The molecule has 0 fully saturated rings. The molecule has 6 nitrogen and oxygen atoms in total. The summed E-state index contributed by atoms with van der Waals surface area (Å²) in [7, 11) is 1.61. The maximum Gasteiger partial charge on any atom is 0.315 e. The highest BCUT2D eigenvalue weighted by Crippen LogP contribution is 2.10. The van der Waals surface area contributed by atoms with Crippen molar-refractivity contribution in [2.75, 3.05) is 12.4 Å². The lowest BCUT2D eigenvalue weighted by Crippen LogP contribution is -2.17. The number of nitrogens with zero attached hydrogens (tertiary/aromatic N) is 2. The predicted octanol–water partition coefficient (Wildman–Crippen LogP) is 1.99. The maximum absolute atomic E-state index is 11.4. The predicted molar refractivity (Wildman–Crippen MR) is 75.5 cm³/mol. The van der Waals surface area contributed by atoms with Gasteiger partial charge in [0, 0.05) is 25.6 Å². The van der Waals surface area contributed by atoms with Gasteiger partial charge in [-0.1, -0.05) is 24.2 Å². The minimum atomic E-state index is -0.0920. The van der Waals surface area contributed by atoms with Gasteiger partial charge < -0.3 is 15.1 Å². The van der Waals surface area contributed by atoms with Gasteiger partial charge in [-0.25, -0.2) is 0 Å². The summed E-state index contributed by atoms with van der Waals surface area (Å²) in [5.74, 6) is 0.551. The molecule has 20 heavy (non-hydrogen) atoms. The first-order valence-corrected chi connectivity index (χ1v) is 6.60. The van der Waals surface area contributed by atoms with Gasteiger partial charge >= 0.3 is 6.01 Å². The molecule has 2 aromatic rings. The molecule has 0 aliphatic carbocycles. The van der Waals surface area contributed by atoms with Crippen LogP contribution in [0.1, 0.15) is 35.2 Å². The van der Waals surface area contributed by atoms with Crippen molar-refractivity contribution in [2.45, 2.75) is 26.3 Å². The third-order valence-corrected chi connectivity index (χ3v) is 2.82. The second-order valence-electron chi connectivity index (χ2n) is 4.38. The minimum absolute atomic E-state index is 0.0920. The van der Waals surface area contributed by atoms with Gasteiger partial charge in [0.15, 0.2) is 0 Å². The average Bonchev–Trinajstić information content (AvgIpc) is 2.93. The minimum Gasteiger partial charge on any atom is -0.408 e. The van der Waals surface area contributed by atoms with Gasteiger partial charge in [-0.3, -0.25) is 4.79 Å². The lowest BCUT2D eigenvalue weighted by molar-refractivity contribution is 0.0963. The first-order chi connectivity index (χ1) is 9.72. The van der Waals surface area contributed by atoms with Gasteiger partial charge in [-0.15, -0.1) is 5.10 Å². The molecule has 2 N–H and O–H groups in total. The van der Waals surface area contributed by atoms with Crippen LogP contribution in [0.25, 0.3) is 0 Å². The highest BCUT2D eigenvalue weighted by Gasteiger charge is 2.05. The Bertz CT molecular complexity index is 563. The number of hydrogen-bond donors (Lipinski definition) is 2. The van der Waals surface area contributed by atoms with Crippen molar-refractivity contribution in [3.05, 3.63) is 41.3 Å². The van der Waals surface area contributed by atoms with Gasteiger partial charge in [0.2, 0.25) is 5.89 Å². The Hall–Kier alpha value is -2.37. The zero-order chi connectivity index (χ0) is 14.4. The van der Waals surface area contributed by atoms with Crippen LogP contribution in [0, 0.1) is 0 Å². The number of anilines is 1. The molecule has 1 heterocycles.